The van der Waals surface area contributed by atoms with Crippen LogP contribution in [-0.2, 0) is 6.18 Å². The van der Waals surface area contributed by atoms with Gasteiger partial charge in [-0.2, -0.15) is 13.2 Å². The normalized spacial score (nSPS) is 11.6. The summed E-state index contributed by atoms with van der Waals surface area (Å²) in [5.74, 6) is -2.79. The average Bonchev–Trinajstić information content (AvgIpc) is 2.26. The lowest BCUT2D eigenvalue weighted by molar-refractivity contribution is -0.141. The summed E-state index contributed by atoms with van der Waals surface area (Å²) in [6, 6.07) is 3.34. The Morgan fingerprint density at radius 3 is 2.11 bits per heavy atom. The van der Waals surface area contributed by atoms with Crippen LogP contribution in [0, 0.1) is 11.6 Å². The number of halogens is 5. The van der Waals surface area contributed by atoms with Gasteiger partial charge in [-0.3, -0.25) is 0 Å². The minimum atomic E-state index is -4.78. The molecule has 19 heavy (non-hydrogen) atoms. The van der Waals surface area contributed by atoms with E-state index >= 15 is 0 Å². The van der Waals surface area contributed by atoms with Crippen LogP contribution >= 0.6 is 0 Å². The van der Waals surface area contributed by atoms with E-state index in [4.69, 9.17) is 5.73 Å². The van der Waals surface area contributed by atoms with Gasteiger partial charge in [-0.25, -0.2) is 18.7 Å². The summed E-state index contributed by atoms with van der Waals surface area (Å²) in [5, 5.41) is 0. The highest BCUT2D eigenvalue weighted by molar-refractivity contribution is 5.62. The topological polar surface area (TPSA) is 51.8 Å². The summed E-state index contributed by atoms with van der Waals surface area (Å²) in [5.41, 5.74) is 2.52. The maximum absolute atomic E-state index is 13.5. The van der Waals surface area contributed by atoms with Crippen LogP contribution in [0.5, 0.6) is 0 Å². The van der Waals surface area contributed by atoms with Crippen molar-refractivity contribution in [1.82, 2.24) is 9.97 Å². The van der Waals surface area contributed by atoms with Crippen molar-refractivity contribution in [2.24, 2.45) is 0 Å². The number of alkyl halides is 3. The van der Waals surface area contributed by atoms with E-state index in [2.05, 4.69) is 9.97 Å². The molecule has 0 aliphatic carbocycles. The second-order valence-corrected chi connectivity index (χ2v) is 3.59. The van der Waals surface area contributed by atoms with Gasteiger partial charge in [-0.05, 0) is 18.2 Å². The highest BCUT2D eigenvalue weighted by Crippen LogP contribution is 2.32. The first-order valence-electron chi connectivity index (χ1n) is 4.95. The molecular weight excluding hydrogens is 269 g/mol. The number of nitrogen functional groups attached to an aromatic ring is 1. The number of hydrogen-bond acceptors (Lipinski definition) is 3. The molecule has 0 unspecified atom stereocenters. The minimum Gasteiger partial charge on any atom is -0.368 e. The van der Waals surface area contributed by atoms with Gasteiger partial charge in [0.05, 0.1) is 11.3 Å². The monoisotopic (exact) mass is 275 g/mol. The fraction of sp³-hybridized carbons (Fsp3) is 0.0909. The van der Waals surface area contributed by atoms with E-state index in [0.29, 0.717) is 6.07 Å². The summed E-state index contributed by atoms with van der Waals surface area (Å²) in [6.45, 7) is 0. The Bertz CT molecular complexity index is 604. The zero-order valence-electron chi connectivity index (χ0n) is 9.17. The van der Waals surface area contributed by atoms with Gasteiger partial charge < -0.3 is 5.73 Å². The van der Waals surface area contributed by atoms with Crippen molar-refractivity contribution in [2.45, 2.75) is 6.18 Å². The van der Waals surface area contributed by atoms with Crippen molar-refractivity contribution >= 4 is 5.95 Å². The first-order chi connectivity index (χ1) is 8.79. The lowest BCUT2D eigenvalue weighted by Crippen LogP contribution is -2.11. The number of hydrogen-bond donors (Lipinski definition) is 1. The van der Waals surface area contributed by atoms with Gasteiger partial charge in [0.25, 0.3) is 0 Å². The number of aromatic nitrogens is 2. The third-order valence-electron chi connectivity index (χ3n) is 2.25. The summed E-state index contributed by atoms with van der Waals surface area (Å²) in [7, 11) is 0. The lowest BCUT2D eigenvalue weighted by atomic mass is 10.1. The first kappa shape index (κ1) is 13.2. The van der Waals surface area contributed by atoms with E-state index in [9.17, 15) is 22.0 Å². The van der Waals surface area contributed by atoms with Crippen LogP contribution in [-0.4, -0.2) is 9.97 Å². The number of rotatable bonds is 1. The molecule has 8 heteroatoms. The Hall–Kier alpha value is -2.25. The quantitative estimate of drug-likeness (QED) is 0.814. The van der Waals surface area contributed by atoms with Crippen molar-refractivity contribution in [3.63, 3.8) is 0 Å². The van der Waals surface area contributed by atoms with Crippen LogP contribution in [0.1, 0.15) is 5.69 Å². The molecule has 0 aliphatic rings. The molecule has 0 radical (unpaired) electrons. The summed E-state index contributed by atoms with van der Waals surface area (Å²) >= 11 is 0. The number of nitrogens with zero attached hydrogens (tertiary/aromatic N) is 2. The second-order valence-electron chi connectivity index (χ2n) is 3.59. The third kappa shape index (κ3) is 2.61. The molecule has 0 saturated carbocycles. The molecule has 2 rings (SSSR count). The van der Waals surface area contributed by atoms with Crippen molar-refractivity contribution in [2.75, 3.05) is 5.73 Å². The highest BCUT2D eigenvalue weighted by atomic mass is 19.4. The van der Waals surface area contributed by atoms with Crippen molar-refractivity contribution in [3.8, 4) is 11.3 Å². The van der Waals surface area contributed by atoms with Crippen molar-refractivity contribution < 1.29 is 22.0 Å². The molecule has 0 atom stereocenters. The van der Waals surface area contributed by atoms with E-state index in [-0.39, 0.29) is 0 Å². The van der Waals surface area contributed by atoms with Gasteiger partial charge in [0.15, 0.2) is 5.69 Å². The van der Waals surface area contributed by atoms with E-state index in [1.807, 2.05) is 0 Å². The largest absolute Gasteiger partial charge is 0.433 e. The summed E-state index contributed by atoms with van der Waals surface area (Å²) in [4.78, 5) is 6.41. The SMILES string of the molecule is Nc1nc(-c2c(F)cccc2F)cc(C(F)(F)F)n1. The maximum atomic E-state index is 13.5. The molecule has 2 aromatic rings. The molecule has 1 heterocycles. The molecule has 3 nitrogen and oxygen atoms in total. The smallest absolute Gasteiger partial charge is 0.368 e. The molecule has 1 aromatic carbocycles. The van der Waals surface area contributed by atoms with E-state index in [1.165, 1.54) is 0 Å². The van der Waals surface area contributed by atoms with E-state index in [0.717, 1.165) is 18.2 Å². The molecule has 0 amide bonds. The van der Waals surface area contributed by atoms with Gasteiger partial charge in [-0.1, -0.05) is 6.07 Å². The van der Waals surface area contributed by atoms with E-state index in [1.54, 1.807) is 0 Å². The Morgan fingerprint density at radius 1 is 1.00 bits per heavy atom. The van der Waals surface area contributed by atoms with Crippen LogP contribution in [0.4, 0.5) is 27.9 Å². The number of benzene rings is 1. The summed E-state index contributed by atoms with van der Waals surface area (Å²) < 4.78 is 64.5. The van der Waals surface area contributed by atoms with Crippen LogP contribution in [0.2, 0.25) is 0 Å². The molecular formula is C11H6F5N3. The van der Waals surface area contributed by atoms with Crippen LogP contribution in [0.3, 0.4) is 0 Å². The Kier molecular flexibility index (Phi) is 3.09. The van der Waals surface area contributed by atoms with Crippen LogP contribution in [0.25, 0.3) is 11.3 Å². The van der Waals surface area contributed by atoms with Gasteiger partial charge in [-0.15, -0.1) is 0 Å². The Labute approximate surface area is 103 Å². The second kappa shape index (κ2) is 4.45. The van der Waals surface area contributed by atoms with Crippen LogP contribution < -0.4 is 5.73 Å². The predicted octanol–water partition coefficient (Wildman–Crippen LogP) is 3.02. The number of anilines is 1. The molecule has 0 fully saturated rings. The van der Waals surface area contributed by atoms with Gasteiger partial charge in [0.1, 0.15) is 11.6 Å². The fourth-order valence-corrected chi connectivity index (χ4v) is 1.48. The molecule has 0 aliphatic heterocycles. The average molecular weight is 275 g/mol. The first-order valence-corrected chi connectivity index (χ1v) is 4.95. The maximum Gasteiger partial charge on any atom is 0.433 e. The molecule has 1 aromatic heterocycles. The highest BCUT2D eigenvalue weighted by Gasteiger charge is 2.34. The van der Waals surface area contributed by atoms with Gasteiger partial charge in [0.2, 0.25) is 5.95 Å². The Balaban J connectivity index is 2.67. The van der Waals surface area contributed by atoms with Crippen LogP contribution in [0.15, 0.2) is 24.3 Å². The zero-order chi connectivity index (χ0) is 14.2. The fourth-order valence-electron chi connectivity index (χ4n) is 1.48. The van der Waals surface area contributed by atoms with E-state index < -0.39 is 40.7 Å². The zero-order valence-corrected chi connectivity index (χ0v) is 9.17. The van der Waals surface area contributed by atoms with Gasteiger partial charge >= 0.3 is 6.18 Å². The third-order valence-corrected chi connectivity index (χ3v) is 2.25. The van der Waals surface area contributed by atoms with Crippen molar-refractivity contribution in [1.29, 1.82) is 0 Å². The predicted molar refractivity (Wildman–Crippen MR) is 56.8 cm³/mol. The molecule has 100 valence electrons. The number of nitrogens with two attached hydrogens (primary N) is 1. The molecule has 0 saturated heterocycles. The minimum absolute atomic E-state index is 0.442. The molecule has 2 N–H and O–H groups in total. The standard InChI is InChI=1S/C11H6F5N3/c12-5-2-1-3-6(13)9(5)7-4-8(11(14,15)16)19-10(17)18-7/h1-4H,(H2,17,18,19). The molecule has 0 bridgehead atoms. The summed E-state index contributed by atoms with van der Waals surface area (Å²) in [6.07, 6.45) is -4.78. The van der Waals surface area contributed by atoms with Crippen molar-refractivity contribution in [3.05, 3.63) is 41.6 Å². The molecule has 0 spiro atoms. The Morgan fingerprint density at radius 2 is 1.58 bits per heavy atom. The van der Waals surface area contributed by atoms with Gasteiger partial charge in [0, 0.05) is 0 Å². The lowest BCUT2D eigenvalue weighted by Gasteiger charge is -2.09.